The van der Waals surface area contributed by atoms with Crippen molar-refractivity contribution in [2.24, 2.45) is 5.92 Å². The van der Waals surface area contributed by atoms with Crippen molar-refractivity contribution in [1.82, 2.24) is 19.3 Å². The largest absolute Gasteiger partial charge is 0.309 e. The number of rotatable bonds is 3. The fourth-order valence-electron chi connectivity index (χ4n) is 3.90. The molecule has 140 valence electrons. The number of amides is 1. The van der Waals surface area contributed by atoms with E-state index in [1.165, 1.54) is 0 Å². The zero-order chi connectivity index (χ0) is 19.0. The van der Waals surface area contributed by atoms with Gasteiger partial charge >= 0.3 is 0 Å². The molecule has 4 heterocycles. The van der Waals surface area contributed by atoms with Crippen molar-refractivity contribution < 1.29 is 4.79 Å². The number of nitrogens with zero attached hydrogens (tertiary/aromatic N) is 4. The molecule has 0 aromatic carbocycles. The summed E-state index contributed by atoms with van der Waals surface area (Å²) >= 11 is 0. The second-order valence-electron chi connectivity index (χ2n) is 7.57. The van der Waals surface area contributed by atoms with E-state index in [-0.39, 0.29) is 11.8 Å². The zero-order valence-electron chi connectivity index (χ0n) is 16.0. The molecule has 2 unspecified atom stereocenters. The van der Waals surface area contributed by atoms with E-state index < -0.39 is 0 Å². The first-order valence-electron chi connectivity index (χ1n) is 9.43. The molecule has 1 amide bonds. The predicted octanol–water partition coefficient (Wildman–Crippen LogP) is 3.45. The summed E-state index contributed by atoms with van der Waals surface area (Å²) in [5, 5.41) is 3.02. The lowest BCUT2D eigenvalue weighted by Gasteiger charge is -2.39. The van der Waals surface area contributed by atoms with Crippen molar-refractivity contribution in [1.29, 1.82) is 0 Å². The zero-order valence-corrected chi connectivity index (χ0v) is 16.0. The Bertz CT molecular complexity index is 940. The summed E-state index contributed by atoms with van der Waals surface area (Å²) < 4.78 is 1.95. The molecular weight excluding hydrogens is 338 g/mol. The Kier molecular flexibility index (Phi) is 4.66. The van der Waals surface area contributed by atoms with E-state index in [1.807, 2.05) is 41.1 Å². The molecular formula is C21H25N5O. The van der Waals surface area contributed by atoms with Gasteiger partial charge in [-0.1, -0.05) is 0 Å². The van der Waals surface area contributed by atoms with Gasteiger partial charge in [0.1, 0.15) is 5.65 Å². The van der Waals surface area contributed by atoms with Crippen molar-refractivity contribution in [2.75, 3.05) is 12.4 Å². The molecule has 27 heavy (non-hydrogen) atoms. The van der Waals surface area contributed by atoms with Gasteiger partial charge < -0.3 is 14.6 Å². The second kappa shape index (κ2) is 7.12. The molecule has 2 atom stereocenters. The first-order valence-corrected chi connectivity index (χ1v) is 9.43. The number of carbonyl (C=O) groups excluding carboxylic acids is 1. The lowest BCUT2D eigenvalue weighted by atomic mass is 9.87. The van der Waals surface area contributed by atoms with Crippen LogP contribution >= 0.6 is 0 Å². The number of hydrogen-bond donors (Lipinski definition) is 1. The number of hydrogen-bond acceptors (Lipinski definition) is 4. The fraction of sp³-hybridized carbons (Fsp3) is 0.381. The molecule has 3 aromatic rings. The summed E-state index contributed by atoms with van der Waals surface area (Å²) in [7, 11) is 2.13. The van der Waals surface area contributed by atoms with Crippen LogP contribution < -0.4 is 5.32 Å². The van der Waals surface area contributed by atoms with E-state index >= 15 is 0 Å². The van der Waals surface area contributed by atoms with Gasteiger partial charge in [-0.2, -0.15) is 0 Å². The van der Waals surface area contributed by atoms with Gasteiger partial charge in [0, 0.05) is 36.6 Å². The summed E-state index contributed by atoms with van der Waals surface area (Å²) in [5.41, 5.74) is 2.99. The lowest BCUT2D eigenvalue weighted by molar-refractivity contribution is -0.122. The first-order chi connectivity index (χ1) is 13.0. The SMILES string of the molecule is CC1CC(C(=O)Nc2cn3cc(-c4ccncc4)ccc3n2)CC(C)N1C. The van der Waals surface area contributed by atoms with Crippen LogP contribution in [0.25, 0.3) is 16.8 Å². The normalized spacial score (nSPS) is 23.4. The van der Waals surface area contributed by atoms with E-state index in [2.05, 4.69) is 41.1 Å². The molecule has 3 aromatic heterocycles. The van der Waals surface area contributed by atoms with Crippen LogP contribution in [0.3, 0.4) is 0 Å². The van der Waals surface area contributed by atoms with Gasteiger partial charge in [0.05, 0.1) is 6.20 Å². The minimum Gasteiger partial charge on any atom is -0.309 e. The van der Waals surface area contributed by atoms with E-state index in [0.717, 1.165) is 29.6 Å². The summed E-state index contributed by atoms with van der Waals surface area (Å²) in [6, 6.07) is 8.77. The smallest absolute Gasteiger partial charge is 0.228 e. The van der Waals surface area contributed by atoms with Crippen molar-refractivity contribution in [3.63, 3.8) is 0 Å². The third-order valence-corrected chi connectivity index (χ3v) is 5.73. The van der Waals surface area contributed by atoms with Gasteiger partial charge in [-0.3, -0.25) is 9.78 Å². The highest BCUT2D eigenvalue weighted by atomic mass is 16.2. The maximum atomic E-state index is 12.7. The average molecular weight is 363 g/mol. The molecule has 6 heteroatoms. The Labute approximate surface area is 159 Å². The molecule has 1 fully saturated rings. The third kappa shape index (κ3) is 3.57. The van der Waals surface area contributed by atoms with Gasteiger partial charge in [-0.05, 0) is 69.1 Å². The van der Waals surface area contributed by atoms with Crippen LogP contribution in [0.5, 0.6) is 0 Å². The molecule has 0 bridgehead atoms. The maximum Gasteiger partial charge on any atom is 0.228 e. The van der Waals surface area contributed by atoms with E-state index in [4.69, 9.17) is 0 Å². The summed E-state index contributed by atoms with van der Waals surface area (Å²) in [4.78, 5) is 23.7. The topological polar surface area (TPSA) is 62.5 Å². The van der Waals surface area contributed by atoms with Gasteiger partial charge in [0.2, 0.25) is 5.91 Å². The van der Waals surface area contributed by atoms with Gasteiger partial charge in [0.25, 0.3) is 0 Å². The Morgan fingerprint density at radius 1 is 1.04 bits per heavy atom. The molecule has 0 spiro atoms. The number of likely N-dealkylation sites (tertiary alicyclic amines) is 1. The van der Waals surface area contributed by atoms with Crippen LogP contribution in [0, 0.1) is 5.92 Å². The summed E-state index contributed by atoms with van der Waals surface area (Å²) in [5.74, 6) is 0.703. The molecule has 1 aliphatic heterocycles. The van der Waals surface area contributed by atoms with Crippen LogP contribution in [0.15, 0.2) is 49.1 Å². The number of aromatic nitrogens is 3. The Morgan fingerprint density at radius 2 is 1.74 bits per heavy atom. The molecule has 1 aliphatic rings. The minimum atomic E-state index is 0.0309. The van der Waals surface area contributed by atoms with E-state index in [9.17, 15) is 4.79 Å². The minimum absolute atomic E-state index is 0.0309. The monoisotopic (exact) mass is 363 g/mol. The quantitative estimate of drug-likeness (QED) is 0.774. The highest BCUT2D eigenvalue weighted by molar-refractivity contribution is 5.92. The fourth-order valence-corrected chi connectivity index (χ4v) is 3.90. The molecule has 0 aliphatic carbocycles. The van der Waals surface area contributed by atoms with Crippen molar-refractivity contribution >= 4 is 17.4 Å². The Morgan fingerprint density at radius 3 is 2.44 bits per heavy atom. The molecule has 1 N–H and O–H groups in total. The number of fused-ring (bicyclic) bond motifs is 1. The molecule has 0 saturated carbocycles. The average Bonchev–Trinajstić information content (AvgIpc) is 3.07. The Hall–Kier alpha value is -2.73. The lowest BCUT2D eigenvalue weighted by Crippen LogP contribution is -2.46. The molecule has 6 nitrogen and oxygen atoms in total. The number of imidazole rings is 1. The van der Waals surface area contributed by atoms with Crippen molar-refractivity contribution in [3.05, 3.63) is 49.1 Å². The van der Waals surface area contributed by atoms with E-state index in [0.29, 0.717) is 17.9 Å². The molecule has 4 rings (SSSR count). The van der Waals surface area contributed by atoms with Crippen LogP contribution in [-0.4, -0.2) is 44.3 Å². The van der Waals surface area contributed by atoms with Crippen LogP contribution in [-0.2, 0) is 4.79 Å². The summed E-state index contributed by atoms with van der Waals surface area (Å²) in [6.07, 6.45) is 9.22. The number of nitrogens with one attached hydrogen (secondary N) is 1. The van der Waals surface area contributed by atoms with Gasteiger partial charge in [-0.15, -0.1) is 0 Å². The summed E-state index contributed by atoms with van der Waals surface area (Å²) in [6.45, 7) is 4.36. The second-order valence-corrected chi connectivity index (χ2v) is 7.57. The molecule has 0 radical (unpaired) electrons. The van der Waals surface area contributed by atoms with Crippen LogP contribution in [0.2, 0.25) is 0 Å². The number of anilines is 1. The van der Waals surface area contributed by atoms with Crippen LogP contribution in [0.4, 0.5) is 5.82 Å². The number of carbonyl (C=O) groups is 1. The maximum absolute atomic E-state index is 12.7. The first kappa shape index (κ1) is 17.7. The Balaban J connectivity index is 1.52. The van der Waals surface area contributed by atoms with Crippen LogP contribution in [0.1, 0.15) is 26.7 Å². The van der Waals surface area contributed by atoms with Gasteiger partial charge in [-0.25, -0.2) is 4.98 Å². The van der Waals surface area contributed by atoms with Gasteiger partial charge in [0.15, 0.2) is 5.82 Å². The van der Waals surface area contributed by atoms with Crippen molar-refractivity contribution in [2.45, 2.75) is 38.8 Å². The number of piperidine rings is 1. The predicted molar refractivity (Wildman–Crippen MR) is 106 cm³/mol. The standard InChI is InChI=1S/C21H25N5O/c1-14-10-18(11-15(2)25(14)3)21(27)24-19-13-26-12-17(4-5-20(26)23-19)16-6-8-22-9-7-16/h4-9,12-15,18H,10-11H2,1-3H3,(H,24,27). The van der Waals surface area contributed by atoms with E-state index in [1.54, 1.807) is 12.4 Å². The highest BCUT2D eigenvalue weighted by Crippen LogP contribution is 2.27. The molecule has 1 saturated heterocycles. The third-order valence-electron chi connectivity index (χ3n) is 5.73. The highest BCUT2D eigenvalue weighted by Gasteiger charge is 2.32. The van der Waals surface area contributed by atoms with Crippen molar-refractivity contribution in [3.8, 4) is 11.1 Å². The number of pyridine rings is 2.